The topological polar surface area (TPSA) is 61.4 Å². The maximum atomic E-state index is 12.1. The van der Waals surface area contributed by atoms with Crippen LogP contribution in [0.3, 0.4) is 0 Å². The van der Waals surface area contributed by atoms with Crippen LogP contribution in [0.25, 0.3) is 0 Å². The molecule has 98 valence electrons. The van der Waals surface area contributed by atoms with Gasteiger partial charge < -0.3 is 15.5 Å². The van der Waals surface area contributed by atoms with Gasteiger partial charge in [0.2, 0.25) is 11.8 Å². The van der Waals surface area contributed by atoms with Gasteiger partial charge in [-0.2, -0.15) is 0 Å². The van der Waals surface area contributed by atoms with Crippen molar-refractivity contribution in [1.82, 2.24) is 15.5 Å². The van der Waals surface area contributed by atoms with Crippen molar-refractivity contribution in [3.05, 3.63) is 0 Å². The van der Waals surface area contributed by atoms with Gasteiger partial charge in [0.1, 0.15) is 0 Å². The molecule has 1 aliphatic heterocycles. The summed E-state index contributed by atoms with van der Waals surface area (Å²) in [5.41, 5.74) is -0.263. The van der Waals surface area contributed by atoms with Crippen molar-refractivity contribution in [3.63, 3.8) is 0 Å². The van der Waals surface area contributed by atoms with E-state index in [1.54, 1.807) is 19.0 Å². The van der Waals surface area contributed by atoms with Gasteiger partial charge in [-0.15, -0.1) is 0 Å². The van der Waals surface area contributed by atoms with Crippen LogP contribution in [0.4, 0.5) is 0 Å². The molecule has 0 aromatic rings. The van der Waals surface area contributed by atoms with Crippen LogP contribution >= 0.6 is 0 Å². The number of amides is 2. The Balaban J connectivity index is 2.36. The molecule has 1 saturated heterocycles. The van der Waals surface area contributed by atoms with E-state index >= 15 is 0 Å². The summed E-state index contributed by atoms with van der Waals surface area (Å²) in [6.07, 6.45) is 2.09. The fourth-order valence-electron chi connectivity index (χ4n) is 2.09. The van der Waals surface area contributed by atoms with Crippen LogP contribution in [0.15, 0.2) is 0 Å². The standard InChI is InChI=1S/C12H23N3O2/c1-4-12(6-8-13-9-12)11(17)14-7-5-10(16)15(2)3/h13H,4-9H2,1-3H3,(H,14,17). The molecule has 17 heavy (non-hydrogen) atoms. The van der Waals surface area contributed by atoms with E-state index in [0.717, 1.165) is 25.9 Å². The average Bonchev–Trinajstić information content (AvgIpc) is 2.78. The summed E-state index contributed by atoms with van der Waals surface area (Å²) in [7, 11) is 3.44. The van der Waals surface area contributed by atoms with Crippen molar-refractivity contribution >= 4 is 11.8 Å². The Morgan fingerprint density at radius 2 is 2.12 bits per heavy atom. The molecule has 2 N–H and O–H groups in total. The summed E-state index contributed by atoms with van der Waals surface area (Å²) in [6.45, 7) is 4.12. The molecule has 1 atom stereocenters. The molecule has 0 spiro atoms. The Kier molecular flexibility index (Phi) is 4.93. The number of rotatable bonds is 5. The summed E-state index contributed by atoms with van der Waals surface area (Å²) in [6, 6.07) is 0. The van der Waals surface area contributed by atoms with Crippen LogP contribution in [0.1, 0.15) is 26.2 Å². The summed E-state index contributed by atoms with van der Waals surface area (Å²) in [5, 5.41) is 6.10. The van der Waals surface area contributed by atoms with Gasteiger partial charge in [0, 0.05) is 33.6 Å². The lowest BCUT2D eigenvalue weighted by Crippen LogP contribution is -2.43. The SMILES string of the molecule is CCC1(C(=O)NCCC(=O)N(C)C)CCNC1. The highest BCUT2D eigenvalue weighted by molar-refractivity contribution is 5.84. The zero-order valence-electron chi connectivity index (χ0n) is 11.0. The predicted molar refractivity (Wildman–Crippen MR) is 66.5 cm³/mol. The average molecular weight is 241 g/mol. The largest absolute Gasteiger partial charge is 0.355 e. The fourth-order valence-corrected chi connectivity index (χ4v) is 2.09. The van der Waals surface area contributed by atoms with Crippen molar-refractivity contribution in [1.29, 1.82) is 0 Å². The Morgan fingerprint density at radius 1 is 1.41 bits per heavy atom. The molecule has 5 heteroatoms. The number of hydrogen-bond donors (Lipinski definition) is 2. The molecular weight excluding hydrogens is 218 g/mol. The highest BCUT2D eigenvalue weighted by Gasteiger charge is 2.39. The third-order valence-corrected chi connectivity index (χ3v) is 3.53. The number of hydrogen-bond acceptors (Lipinski definition) is 3. The fraction of sp³-hybridized carbons (Fsp3) is 0.833. The van der Waals surface area contributed by atoms with E-state index in [1.807, 2.05) is 6.92 Å². The van der Waals surface area contributed by atoms with E-state index in [0.29, 0.717) is 13.0 Å². The van der Waals surface area contributed by atoms with Gasteiger partial charge >= 0.3 is 0 Å². The van der Waals surface area contributed by atoms with Crippen molar-refractivity contribution in [2.45, 2.75) is 26.2 Å². The second-order valence-corrected chi connectivity index (χ2v) is 4.85. The third kappa shape index (κ3) is 3.43. The molecule has 0 radical (unpaired) electrons. The Hall–Kier alpha value is -1.10. The summed E-state index contributed by atoms with van der Waals surface area (Å²) in [5.74, 6) is 0.122. The minimum absolute atomic E-state index is 0.0420. The number of nitrogens with one attached hydrogen (secondary N) is 2. The van der Waals surface area contributed by atoms with Gasteiger partial charge in [0.15, 0.2) is 0 Å². The molecule has 0 aromatic heterocycles. The lowest BCUT2D eigenvalue weighted by atomic mass is 9.83. The first kappa shape index (κ1) is 14.0. The molecule has 0 aliphatic carbocycles. The minimum atomic E-state index is -0.263. The first-order valence-corrected chi connectivity index (χ1v) is 6.21. The number of carbonyl (C=O) groups excluding carboxylic acids is 2. The molecule has 1 aliphatic rings. The van der Waals surface area contributed by atoms with Gasteiger partial charge in [-0.25, -0.2) is 0 Å². The molecule has 5 nitrogen and oxygen atoms in total. The van der Waals surface area contributed by atoms with Gasteiger partial charge in [0.25, 0.3) is 0 Å². The van der Waals surface area contributed by atoms with E-state index in [9.17, 15) is 9.59 Å². The Labute approximate surface area is 103 Å². The van der Waals surface area contributed by atoms with Crippen LogP contribution in [-0.2, 0) is 9.59 Å². The highest BCUT2D eigenvalue weighted by Crippen LogP contribution is 2.29. The maximum Gasteiger partial charge on any atom is 0.227 e. The van der Waals surface area contributed by atoms with Gasteiger partial charge in [-0.1, -0.05) is 6.92 Å². The molecule has 0 bridgehead atoms. The normalized spacial score (nSPS) is 23.5. The molecule has 1 unspecified atom stereocenters. The van der Waals surface area contributed by atoms with Gasteiger partial charge in [0.05, 0.1) is 5.41 Å². The minimum Gasteiger partial charge on any atom is -0.355 e. The van der Waals surface area contributed by atoms with Gasteiger partial charge in [-0.05, 0) is 19.4 Å². The van der Waals surface area contributed by atoms with E-state index in [-0.39, 0.29) is 17.2 Å². The predicted octanol–water partition coefficient (Wildman–Crippen LogP) is -0.0294. The van der Waals surface area contributed by atoms with Crippen molar-refractivity contribution in [3.8, 4) is 0 Å². The Bertz CT molecular complexity index is 283. The van der Waals surface area contributed by atoms with E-state index < -0.39 is 0 Å². The van der Waals surface area contributed by atoms with Crippen molar-refractivity contribution in [2.24, 2.45) is 5.41 Å². The molecule has 1 heterocycles. The van der Waals surface area contributed by atoms with Crippen LogP contribution in [0.2, 0.25) is 0 Å². The van der Waals surface area contributed by atoms with E-state index in [4.69, 9.17) is 0 Å². The van der Waals surface area contributed by atoms with Crippen LogP contribution in [-0.4, -0.2) is 50.4 Å². The Morgan fingerprint density at radius 3 is 2.59 bits per heavy atom. The van der Waals surface area contributed by atoms with Crippen LogP contribution in [0, 0.1) is 5.41 Å². The summed E-state index contributed by atoms with van der Waals surface area (Å²) < 4.78 is 0. The van der Waals surface area contributed by atoms with Crippen LogP contribution in [0.5, 0.6) is 0 Å². The lowest BCUT2D eigenvalue weighted by molar-refractivity contribution is -0.131. The van der Waals surface area contributed by atoms with Crippen molar-refractivity contribution in [2.75, 3.05) is 33.7 Å². The number of carbonyl (C=O) groups is 2. The van der Waals surface area contributed by atoms with E-state index in [2.05, 4.69) is 10.6 Å². The van der Waals surface area contributed by atoms with Gasteiger partial charge in [-0.3, -0.25) is 9.59 Å². The maximum absolute atomic E-state index is 12.1. The van der Waals surface area contributed by atoms with E-state index in [1.165, 1.54) is 0 Å². The first-order valence-electron chi connectivity index (χ1n) is 6.21. The zero-order valence-corrected chi connectivity index (χ0v) is 11.0. The quantitative estimate of drug-likeness (QED) is 0.710. The molecule has 0 saturated carbocycles. The highest BCUT2D eigenvalue weighted by atomic mass is 16.2. The second-order valence-electron chi connectivity index (χ2n) is 4.85. The molecule has 2 amide bonds. The monoisotopic (exact) mass is 241 g/mol. The molecular formula is C12H23N3O2. The second kappa shape index (κ2) is 6.00. The summed E-state index contributed by atoms with van der Waals surface area (Å²) >= 11 is 0. The first-order chi connectivity index (χ1) is 8.02. The summed E-state index contributed by atoms with van der Waals surface area (Å²) in [4.78, 5) is 25.0. The zero-order chi connectivity index (χ0) is 12.9. The smallest absolute Gasteiger partial charge is 0.227 e. The lowest BCUT2D eigenvalue weighted by Gasteiger charge is -2.25. The van der Waals surface area contributed by atoms with Crippen molar-refractivity contribution < 1.29 is 9.59 Å². The molecule has 1 fully saturated rings. The number of nitrogens with zero attached hydrogens (tertiary/aromatic N) is 1. The third-order valence-electron chi connectivity index (χ3n) is 3.53. The molecule has 1 rings (SSSR count). The van der Waals surface area contributed by atoms with Crippen LogP contribution < -0.4 is 10.6 Å². The molecule has 0 aromatic carbocycles.